The number of ether oxygens (including phenoxy) is 1. The number of aliphatic imine (C=N–C) groups is 1. The Balaban J connectivity index is 2.61. The lowest BCUT2D eigenvalue weighted by molar-refractivity contribution is 0.251. The van der Waals surface area contributed by atoms with Gasteiger partial charge in [0.25, 0.3) is 0 Å². The van der Waals surface area contributed by atoms with E-state index in [2.05, 4.69) is 27.5 Å². The van der Waals surface area contributed by atoms with Crippen LogP contribution in [0, 0.1) is 5.92 Å². The Labute approximate surface area is 139 Å². The first kappa shape index (κ1) is 19.2. The molecule has 0 saturated carbocycles. The van der Waals surface area contributed by atoms with Crippen LogP contribution in [0.1, 0.15) is 38.7 Å². The standard InChI is InChI=1S/C17H30N4O2/c1-4-6-14(8-10-22)12-20-17(18-5-2)21-13-15-7-9-19-16(11-15)23-3/h7,9,11,14,22H,4-6,8,10,12-13H2,1-3H3,(H2,18,20,21). The fourth-order valence-electron chi connectivity index (χ4n) is 2.35. The number of rotatable bonds is 10. The number of aliphatic hydroxyl groups excluding tert-OH is 1. The smallest absolute Gasteiger partial charge is 0.213 e. The molecule has 0 aliphatic carbocycles. The maximum absolute atomic E-state index is 9.14. The molecule has 3 N–H and O–H groups in total. The van der Waals surface area contributed by atoms with Gasteiger partial charge in [-0.05, 0) is 37.3 Å². The summed E-state index contributed by atoms with van der Waals surface area (Å²) in [6, 6.07) is 3.82. The van der Waals surface area contributed by atoms with Gasteiger partial charge in [0.2, 0.25) is 5.88 Å². The number of hydrogen-bond acceptors (Lipinski definition) is 4. The number of guanidine groups is 1. The van der Waals surface area contributed by atoms with Crippen molar-refractivity contribution in [3.05, 3.63) is 23.9 Å². The summed E-state index contributed by atoms with van der Waals surface area (Å²) in [6.07, 6.45) is 4.77. The van der Waals surface area contributed by atoms with Gasteiger partial charge in [-0.3, -0.25) is 0 Å². The van der Waals surface area contributed by atoms with Crippen molar-refractivity contribution in [1.29, 1.82) is 0 Å². The molecule has 0 aliphatic heterocycles. The molecule has 1 heterocycles. The highest BCUT2D eigenvalue weighted by Gasteiger charge is 2.08. The normalized spacial score (nSPS) is 12.8. The summed E-state index contributed by atoms with van der Waals surface area (Å²) in [5.74, 6) is 1.86. The molecule has 0 amide bonds. The van der Waals surface area contributed by atoms with Gasteiger partial charge in [-0.15, -0.1) is 0 Å². The lowest BCUT2D eigenvalue weighted by Crippen LogP contribution is -2.40. The van der Waals surface area contributed by atoms with E-state index in [9.17, 15) is 0 Å². The second-order valence-electron chi connectivity index (χ2n) is 5.45. The van der Waals surface area contributed by atoms with E-state index in [0.29, 0.717) is 18.3 Å². The Morgan fingerprint density at radius 3 is 2.83 bits per heavy atom. The minimum atomic E-state index is 0.233. The van der Waals surface area contributed by atoms with Crippen molar-refractivity contribution < 1.29 is 9.84 Å². The van der Waals surface area contributed by atoms with Crippen LogP contribution in [0.15, 0.2) is 23.3 Å². The van der Waals surface area contributed by atoms with Crippen LogP contribution in [-0.2, 0) is 6.54 Å². The van der Waals surface area contributed by atoms with Crippen LogP contribution >= 0.6 is 0 Å². The Morgan fingerprint density at radius 2 is 2.17 bits per heavy atom. The highest BCUT2D eigenvalue weighted by atomic mass is 16.5. The van der Waals surface area contributed by atoms with Gasteiger partial charge in [0.05, 0.1) is 13.7 Å². The van der Waals surface area contributed by atoms with Gasteiger partial charge < -0.3 is 20.5 Å². The number of pyridine rings is 1. The second-order valence-corrected chi connectivity index (χ2v) is 5.45. The first-order chi connectivity index (χ1) is 11.2. The van der Waals surface area contributed by atoms with E-state index in [1.165, 1.54) is 0 Å². The first-order valence-corrected chi connectivity index (χ1v) is 8.35. The summed E-state index contributed by atoms with van der Waals surface area (Å²) < 4.78 is 5.13. The summed E-state index contributed by atoms with van der Waals surface area (Å²) in [7, 11) is 1.61. The fraction of sp³-hybridized carbons (Fsp3) is 0.647. The molecule has 0 saturated heterocycles. The molecule has 0 bridgehead atoms. The lowest BCUT2D eigenvalue weighted by Gasteiger charge is -2.18. The van der Waals surface area contributed by atoms with E-state index in [0.717, 1.165) is 43.9 Å². The Hall–Kier alpha value is -1.82. The van der Waals surface area contributed by atoms with Crippen LogP contribution in [0.2, 0.25) is 0 Å². The molecule has 0 fully saturated rings. The molecule has 6 heteroatoms. The molecule has 1 unspecified atom stereocenters. The third-order valence-corrected chi connectivity index (χ3v) is 3.56. The van der Waals surface area contributed by atoms with Crippen molar-refractivity contribution >= 4 is 5.96 Å². The molecule has 0 radical (unpaired) electrons. The minimum absolute atomic E-state index is 0.233. The van der Waals surface area contributed by atoms with Gasteiger partial charge in [0.1, 0.15) is 0 Å². The number of aromatic nitrogens is 1. The van der Waals surface area contributed by atoms with E-state index in [-0.39, 0.29) is 6.61 Å². The monoisotopic (exact) mass is 322 g/mol. The van der Waals surface area contributed by atoms with Gasteiger partial charge in [0, 0.05) is 32.0 Å². The Bertz CT molecular complexity index is 460. The molecule has 0 aliphatic rings. The predicted octanol–water partition coefficient (Wildman–Crippen LogP) is 1.94. The van der Waals surface area contributed by atoms with E-state index in [4.69, 9.17) is 9.84 Å². The van der Waals surface area contributed by atoms with Crippen LogP contribution in [0.4, 0.5) is 0 Å². The van der Waals surface area contributed by atoms with Crippen molar-refractivity contribution in [2.75, 3.05) is 26.8 Å². The van der Waals surface area contributed by atoms with Crippen LogP contribution in [0.5, 0.6) is 5.88 Å². The van der Waals surface area contributed by atoms with Crippen molar-refractivity contribution in [1.82, 2.24) is 15.6 Å². The molecule has 0 spiro atoms. The van der Waals surface area contributed by atoms with Crippen molar-refractivity contribution in [2.24, 2.45) is 10.9 Å². The summed E-state index contributed by atoms with van der Waals surface area (Å²) in [4.78, 5) is 8.70. The molecule has 130 valence electrons. The van der Waals surface area contributed by atoms with Gasteiger partial charge in [-0.2, -0.15) is 0 Å². The third kappa shape index (κ3) is 7.83. The summed E-state index contributed by atoms with van der Waals surface area (Å²) in [5.41, 5.74) is 1.05. The summed E-state index contributed by atoms with van der Waals surface area (Å²) in [6.45, 7) is 6.64. The van der Waals surface area contributed by atoms with Crippen molar-refractivity contribution in [3.8, 4) is 5.88 Å². The average molecular weight is 322 g/mol. The average Bonchev–Trinajstić information content (AvgIpc) is 2.57. The van der Waals surface area contributed by atoms with Gasteiger partial charge in [0.15, 0.2) is 5.96 Å². The highest BCUT2D eigenvalue weighted by molar-refractivity contribution is 5.79. The van der Waals surface area contributed by atoms with Gasteiger partial charge in [-0.25, -0.2) is 9.98 Å². The molecule has 1 aromatic rings. The van der Waals surface area contributed by atoms with Gasteiger partial charge in [-0.1, -0.05) is 13.3 Å². The molecule has 1 aromatic heterocycles. The Kier molecular flexibility index (Phi) is 9.79. The van der Waals surface area contributed by atoms with Gasteiger partial charge >= 0.3 is 0 Å². The number of hydrogen-bond donors (Lipinski definition) is 3. The van der Waals surface area contributed by atoms with Crippen molar-refractivity contribution in [2.45, 2.75) is 39.7 Å². The Morgan fingerprint density at radius 1 is 1.35 bits per heavy atom. The molecule has 0 aromatic carbocycles. The van der Waals surface area contributed by atoms with Crippen LogP contribution in [0.3, 0.4) is 0 Å². The number of aliphatic hydroxyl groups is 1. The zero-order valence-corrected chi connectivity index (χ0v) is 14.5. The fourth-order valence-corrected chi connectivity index (χ4v) is 2.35. The SMILES string of the molecule is CCCC(CCO)CNC(=NCc1ccnc(OC)c1)NCC. The van der Waals surface area contributed by atoms with E-state index in [1.54, 1.807) is 13.3 Å². The number of nitrogens with one attached hydrogen (secondary N) is 2. The van der Waals surface area contributed by atoms with Crippen LogP contribution in [-0.4, -0.2) is 42.9 Å². The molecule has 1 atom stereocenters. The predicted molar refractivity (Wildman–Crippen MR) is 93.7 cm³/mol. The maximum Gasteiger partial charge on any atom is 0.213 e. The molecular formula is C17H30N4O2. The van der Waals surface area contributed by atoms with Crippen LogP contribution in [0.25, 0.3) is 0 Å². The van der Waals surface area contributed by atoms with E-state index >= 15 is 0 Å². The molecule has 6 nitrogen and oxygen atoms in total. The first-order valence-electron chi connectivity index (χ1n) is 8.35. The largest absolute Gasteiger partial charge is 0.481 e. The molecule has 1 rings (SSSR count). The maximum atomic E-state index is 9.14. The molecule has 23 heavy (non-hydrogen) atoms. The lowest BCUT2D eigenvalue weighted by atomic mass is 10.0. The zero-order valence-electron chi connectivity index (χ0n) is 14.5. The third-order valence-electron chi connectivity index (χ3n) is 3.56. The van der Waals surface area contributed by atoms with E-state index in [1.807, 2.05) is 19.1 Å². The summed E-state index contributed by atoms with van der Waals surface area (Å²) in [5, 5.41) is 15.8. The highest BCUT2D eigenvalue weighted by Crippen LogP contribution is 2.10. The quantitative estimate of drug-likeness (QED) is 0.453. The van der Waals surface area contributed by atoms with E-state index < -0.39 is 0 Å². The number of methoxy groups -OCH3 is 1. The summed E-state index contributed by atoms with van der Waals surface area (Å²) >= 11 is 0. The minimum Gasteiger partial charge on any atom is -0.481 e. The van der Waals surface area contributed by atoms with Crippen LogP contribution < -0.4 is 15.4 Å². The topological polar surface area (TPSA) is 78.8 Å². The van der Waals surface area contributed by atoms with Crippen molar-refractivity contribution in [3.63, 3.8) is 0 Å². The number of nitrogens with zero attached hydrogens (tertiary/aromatic N) is 2. The zero-order chi connectivity index (χ0) is 16.9. The second kappa shape index (κ2) is 11.7. The molecular weight excluding hydrogens is 292 g/mol.